The maximum absolute atomic E-state index is 11.8. The minimum absolute atomic E-state index is 0.212. The molecule has 2 aromatic rings. The molecule has 0 saturated heterocycles. The molecule has 0 saturated carbocycles. The highest BCUT2D eigenvalue weighted by Gasteiger charge is 2.04. The van der Waals surface area contributed by atoms with E-state index in [0.717, 1.165) is 11.1 Å². The van der Waals surface area contributed by atoms with E-state index in [4.69, 9.17) is 21.1 Å². The number of amides is 1. The first-order chi connectivity index (χ1) is 11.1. The summed E-state index contributed by atoms with van der Waals surface area (Å²) in [5, 5.41) is 4.59. The molecule has 0 aliphatic carbocycles. The first kappa shape index (κ1) is 16.8. The summed E-state index contributed by atoms with van der Waals surface area (Å²) in [5.41, 5.74) is 4.09. The van der Waals surface area contributed by atoms with Crippen LogP contribution in [0.2, 0.25) is 5.02 Å². The lowest BCUT2D eigenvalue weighted by Crippen LogP contribution is -2.19. The number of hydrogen-bond donors (Lipinski definition) is 1. The number of benzene rings is 2. The Bertz CT molecular complexity index is 699. The van der Waals surface area contributed by atoms with E-state index in [0.29, 0.717) is 16.5 Å². The number of ether oxygens (including phenoxy) is 2. The SMILES string of the molecule is COc1ccc(/C=N/NC(=O)Cc2ccc(Cl)cc2)c(OC)c1. The second-order valence-electron chi connectivity index (χ2n) is 4.70. The van der Waals surface area contributed by atoms with E-state index < -0.39 is 0 Å². The molecule has 2 rings (SSSR count). The predicted octanol–water partition coefficient (Wildman–Crippen LogP) is 3.05. The van der Waals surface area contributed by atoms with Crippen LogP contribution in [0.4, 0.5) is 0 Å². The summed E-state index contributed by atoms with van der Waals surface area (Å²) in [7, 11) is 3.14. The van der Waals surface area contributed by atoms with E-state index in [1.165, 1.54) is 6.21 Å². The minimum Gasteiger partial charge on any atom is -0.497 e. The van der Waals surface area contributed by atoms with Crippen LogP contribution in [-0.4, -0.2) is 26.3 Å². The molecule has 0 fully saturated rings. The molecule has 0 aliphatic rings. The molecule has 5 nitrogen and oxygen atoms in total. The van der Waals surface area contributed by atoms with E-state index in [9.17, 15) is 4.79 Å². The number of hydrazone groups is 1. The summed E-state index contributed by atoms with van der Waals surface area (Å²) < 4.78 is 10.4. The van der Waals surface area contributed by atoms with Crippen molar-refractivity contribution in [3.8, 4) is 11.5 Å². The minimum atomic E-state index is -0.212. The van der Waals surface area contributed by atoms with E-state index in [1.54, 1.807) is 56.7 Å². The smallest absolute Gasteiger partial charge is 0.244 e. The lowest BCUT2D eigenvalue weighted by Gasteiger charge is -2.07. The lowest BCUT2D eigenvalue weighted by molar-refractivity contribution is -0.120. The third-order valence-electron chi connectivity index (χ3n) is 3.11. The molecular weight excluding hydrogens is 316 g/mol. The van der Waals surface area contributed by atoms with Crippen molar-refractivity contribution in [2.75, 3.05) is 14.2 Å². The van der Waals surface area contributed by atoms with Crippen molar-refractivity contribution in [2.24, 2.45) is 5.10 Å². The average molecular weight is 333 g/mol. The molecule has 2 aromatic carbocycles. The van der Waals surface area contributed by atoms with Gasteiger partial charge in [0.15, 0.2) is 0 Å². The zero-order valence-electron chi connectivity index (χ0n) is 12.9. The molecular formula is C17H17ClN2O3. The number of methoxy groups -OCH3 is 2. The number of halogens is 1. The van der Waals surface area contributed by atoms with Crippen molar-refractivity contribution in [3.63, 3.8) is 0 Å². The number of carbonyl (C=O) groups excluding carboxylic acids is 1. The molecule has 0 unspecified atom stereocenters. The van der Waals surface area contributed by atoms with Gasteiger partial charge in [-0.25, -0.2) is 5.43 Å². The summed E-state index contributed by atoms with van der Waals surface area (Å²) in [6, 6.07) is 12.4. The number of nitrogens with one attached hydrogen (secondary N) is 1. The quantitative estimate of drug-likeness (QED) is 0.653. The molecule has 23 heavy (non-hydrogen) atoms. The zero-order valence-corrected chi connectivity index (χ0v) is 13.6. The molecule has 1 amide bonds. The first-order valence-corrected chi connectivity index (χ1v) is 7.28. The van der Waals surface area contributed by atoms with Gasteiger partial charge in [0, 0.05) is 16.7 Å². The Labute approximate surface area is 139 Å². The van der Waals surface area contributed by atoms with Gasteiger partial charge in [0.1, 0.15) is 11.5 Å². The fourth-order valence-electron chi connectivity index (χ4n) is 1.93. The van der Waals surface area contributed by atoms with Crippen molar-refractivity contribution in [1.82, 2.24) is 5.43 Å². The highest BCUT2D eigenvalue weighted by atomic mass is 35.5. The summed E-state index contributed by atoms with van der Waals surface area (Å²) >= 11 is 5.80. The maximum atomic E-state index is 11.8. The van der Waals surface area contributed by atoms with Crippen molar-refractivity contribution >= 4 is 23.7 Å². The molecule has 0 atom stereocenters. The Hall–Kier alpha value is -2.53. The average Bonchev–Trinajstić information content (AvgIpc) is 2.57. The van der Waals surface area contributed by atoms with Crippen molar-refractivity contribution in [2.45, 2.75) is 6.42 Å². The van der Waals surface area contributed by atoms with Gasteiger partial charge in [-0.1, -0.05) is 23.7 Å². The summed E-state index contributed by atoms with van der Waals surface area (Å²) in [5.74, 6) is 1.09. The third-order valence-corrected chi connectivity index (χ3v) is 3.36. The van der Waals surface area contributed by atoms with Crippen LogP contribution in [0, 0.1) is 0 Å². The van der Waals surface area contributed by atoms with Crippen molar-refractivity contribution < 1.29 is 14.3 Å². The van der Waals surface area contributed by atoms with Gasteiger partial charge in [-0.3, -0.25) is 4.79 Å². The Kier molecular flexibility index (Phi) is 6.00. The Morgan fingerprint density at radius 3 is 2.57 bits per heavy atom. The van der Waals surface area contributed by atoms with Gasteiger partial charge in [0.25, 0.3) is 0 Å². The van der Waals surface area contributed by atoms with Crippen LogP contribution < -0.4 is 14.9 Å². The monoisotopic (exact) mass is 332 g/mol. The van der Waals surface area contributed by atoms with Crippen LogP contribution in [0.1, 0.15) is 11.1 Å². The van der Waals surface area contributed by atoms with Crippen molar-refractivity contribution in [3.05, 3.63) is 58.6 Å². The largest absolute Gasteiger partial charge is 0.497 e. The number of rotatable bonds is 6. The Balaban J connectivity index is 1.95. The molecule has 0 heterocycles. The van der Waals surface area contributed by atoms with Crippen LogP contribution in [-0.2, 0) is 11.2 Å². The van der Waals surface area contributed by atoms with Gasteiger partial charge in [-0.2, -0.15) is 5.10 Å². The normalized spacial score (nSPS) is 10.6. The van der Waals surface area contributed by atoms with Crippen LogP contribution >= 0.6 is 11.6 Å². The van der Waals surface area contributed by atoms with Crippen LogP contribution in [0.15, 0.2) is 47.6 Å². The lowest BCUT2D eigenvalue weighted by atomic mass is 10.1. The molecule has 120 valence electrons. The number of nitrogens with zero attached hydrogens (tertiary/aromatic N) is 1. The summed E-state index contributed by atoms with van der Waals surface area (Å²) in [6.45, 7) is 0. The Morgan fingerprint density at radius 2 is 1.91 bits per heavy atom. The molecule has 0 spiro atoms. The van der Waals surface area contributed by atoms with E-state index in [1.807, 2.05) is 0 Å². The fourth-order valence-corrected chi connectivity index (χ4v) is 2.05. The topological polar surface area (TPSA) is 59.9 Å². The van der Waals surface area contributed by atoms with Gasteiger partial charge >= 0.3 is 0 Å². The second-order valence-corrected chi connectivity index (χ2v) is 5.14. The third kappa shape index (κ3) is 5.00. The van der Waals surface area contributed by atoms with Crippen LogP contribution in [0.5, 0.6) is 11.5 Å². The van der Waals surface area contributed by atoms with Gasteiger partial charge in [0.2, 0.25) is 5.91 Å². The van der Waals surface area contributed by atoms with E-state index in [2.05, 4.69) is 10.5 Å². The highest BCUT2D eigenvalue weighted by Crippen LogP contribution is 2.22. The first-order valence-electron chi connectivity index (χ1n) is 6.90. The summed E-state index contributed by atoms with van der Waals surface area (Å²) in [6.07, 6.45) is 1.76. The highest BCUT2D eigenvalue weighted by molar-refractivity contribution is 6.30. The summed E-state index contributed by atoms with van der Waals surface area (Å²) in [4.78, 5) is 11.8. The molecule has 1 N–H and O–H groups in total. The van der Waals surface area contributed by atoms with Crippen LogP contribution in [0.3, 0.4) is 0 Å². The molecule has 0 aromatic heterocycles. The number of hydrogen-bond acceptors (Lipinski definition) is 4. The van der Waals surface area contributed by atoms with Gasteiger partial charge in [-0.15, -0.1) is 0 Å². The molecule has 6 heteroatoms. The van der Waals surface area contributed by atoms with E-state index >= 15 is 0 Å². The van der Waals surface area contributed by atoms with Crippen molar-refractivity contribution in [1.29, 1.82) is 0 Å². The second kappa shape index (κ2) is 8.19. The molecule has 0 bridgehead atoms. The molecule has 0 radical (unpaired) electrons. The Morgan fingerprint density at radius 1 is 1.17 bits per heavy atom. The number of carbonyl (C=O) groups is 1. The maximum Gasteiger partial charge on any atom is 0.244 e. The fraction of sp³-hybridized carbons (Fsp3) is 0.176. The van der Waals surface area contributed by atoms with Gasteiger partial charge < -0.3 is 9.47 Å². The van der Waals surface area contributed by atoms with Crippen LogP contribution in [0.25, 0.3) is 0 Å². The van der Waals surface area contributed by atoms with E-state index in [-0.39, 0.29) is 12.3 Å². The van der Waals surface area contributed by atoms with Gasteiger partial charge in [0.05, 0.1) is 26.9 Å². The molecule has 0 aliphatic heterocycles. The predicted molar refractivity (Wildman–Crippen MR) is 90.4 cm³/mol. The zero-order chi connectivity index (χ0) is 16.7. The van der Waals surface area contributed by atoms with Gasteiger partial charge in [-0.05, 0) is 29.8 Å². The standard InChI is InChI=1S/C17H17ClN2O3/c1-22-15-8-5-13(16(10-15)23-2)11-19-20-17(21)9-12-3-6-14(18)7-4-12/h3-8,10-11H,9H2,1-2H3,(H,20,21)/b19-11+.